The summed E-state index contributed by atoms with van der Waals surface area (Å²) in [6, 6.07) is 1.57. The highest BCUT2D eigenvalue weighted by atomic mass is 19.1. The molecule has 0 aromatic heterocycles. The van der Waals surface area contributed by atoms with Gasteiger partial charge in [0.05, 0.1) is 18.8 Å². The zero-order valence-corrected chi connectivity index (χ0v) is 15.2. The van der Waals surface area contributed by atoms with E-state index in [0.29, 0.717) is 18.9 Å². The van der Waals surface area contributed by atoms with E-state index in [4.69, 9.17) is 4.74 Å². The van der Waals surface area contributed by atoms with Crippen LogP contribution in [0.1, 0.15) is 23.2 Å². The van der Waals surface area contributed by atoms with Crippen molar-refractivity contribution in [1.29, 1.82) is 0 Å². The topological polar surface area (TPSA) is 95.9 Å². The van der Waals surface area contributed by atoms with Gasteiger partial charge >= 0.3 is 5.97 Å². The summed E-state index contributed by atoms with van der Waals surface area (Å²) in [4.78, 5) is 37.3. The molecule has 0 radical (unpaired) electrons. The fourth-order valence-electron chi connectivity index (χ4n) is 2.91. The number of likely N-dealkylation sites (tertiary alicyclic amines) is 1. The maximum atomic E-state index is 13.8. The zero-order valence-electron chi connectivity index (χ0n) is 15.2. The summed E-state index contributed by atoms with van der Waals surface area (Å²) in [5.74, 6) is -4.39. The van der Waals surface area contributed by atoms with E-state index in [0.717, 1.165) is 12.1 Å². The summed E-state index contributed by atoms with van der Waals surface area (Å²) >= 11 is 0. The summed E-state index contributed by atoms with van der Waals surface area (Å²) in [6.45, 7) is 3.85. The Morgan fingerprint density at radius 3 is 2.57 bits per heavy atom. The Balaban J connectivity index is 1.89. The van der Waals surface area contributed by atoms with E-state index in [1.165, 1.54) is 11.0 Å². The number of nitrogens with one attached hydrogen (secondary N) is 1. The van der Waals surface area contributed by atoms with Gasteiger partial charge in [0.1, 0.15) is 11.6 Å². The van der Waals surface area contributed by atoms with Crippen molar-refractivity contribution in [3.63, 3.8) is 0 Å². The third-order valence-corrected chi connectivity index (χ3v) is 4.45. The number of hydrogen-bond donors (Lipinski definition) is 2. The first kappa shape index (κ1) is 21.5. The lowest BCUT2D eigenvalue weighted by atomic mass is 9.95. The third-order valence-electron chi connectivity index (χ3n) is 4.45. The van der Waals surface area contributed by atoms with Gasteiger partial charge in [-0.3, -0.25) is 9.59 Å². The predicted molar refractivity (Wildman–Crippen MR) is 95.6 cm³/mol. The SMILES string of the molecule is C=CCOCC(NC(=O)C1CCN(C(=O)c2ccc(F)cc2F)CC1)C(=O)O. The summed E-state index contributed by atoms with van der Waals surface area (Å²) in [5, 5.41) is 11.6. The van der Waals surface area contributed by atoms with E-state index < -0.39 is 41.4 Å². The molecular formula is C19H22F2N2O5. The Labute approximate surface area is 161 Å². The van der Waals surface area contributed by atoms with Crippen LogP contribution < -0.4 is 5.32 Å². The minimum atomic E-state index is -1.21. The van der Waals surface area contributed by atoms with Crippen LogP contribution in [0.5, 0.6) is 0 Å². The molecule has 1 aromatic carbocycles. The van der Waals surface area contributed by atoms with Gasteiger partial charge in [0, 0.05) is 25.1 Å². The molecule has 1 aromatic rings. The number of ether oxygens (including phenoxy) is 1. The normalized spacial score (nSPS) is 15.7. The maximum absolute atomic E-state index is 13.8. The van der Waals surface area contributed by atoms with Gasteiger partial charge in [-0.05, 0) is 25.0 Å². The average Bonchev–Trinajstić information content (AvgIpc) is 2.66. The van der Waals surface area contributed by atoms with Gasteiger partial charge in [-0.15, -0.1) is 6.58 Å². The van der Waals surface area contributed by atoms with E-state index in [1.54, 1.807) is 0 Å². The largest absolute Gasteiger partial charge is 0.480 e. The van der Waals surface area contributed by atoms with Crippen molar-refractivity contribution in [2.75, 3.05) is 26.3 Å². The average molecular weight is 396 g/mol. The van der Waals surface area contributed by atoms with E-state index in [2.05, 4.69) is 11.9 Å². The minimum absolute atomic E-state index is 0.167. The van der Waals surface area contributed by atoms with Crippen molar-refractivity contribution in [2.45, 2.75) is 18.9 Å². The zero-order chi connectivity index (χ0) is 20.7. The van der Waals surface area contributed by atoms with Crippen LogP contribution in [0.4, 0.5) is 8.78 Å². The Morgan fingerprint density at radius 1 is 1.32 bits per heavy atom. The van der Waals surface area contributed by atoms with Crippen LogP contribution in [0.15, 0.2) is 30.9 Å². The van der Waals surface area contributed by atoms with Gasteiger partial charge in [-0.25, -0.2) is 13.6 Å². The van der Waals surface area contributed by atoms with E-state index in [1.807, 2.05) is 0 Å². The standard InChI is InChI=1S/C19H22F2N2O5/c1-2-9-28-11-16(19(26)27)22-17(24)12-5-7-23(8-6-12)18(25)14-4-3-13(20)10-15(14)21/h2-4,10,12,16H,1,5-9,11H2,(H,22,24)(H,26,27). The lowest BCUT2D eigenvalue weighted by Crippen LogP contribution is -2.49. The highest BCUT2D eigenvalue weighted by molar-refractivity contribution is 5.94. The highest BCUT2D eigenvalue weighted by Gasteiger charge is 2.31. The van der Waals surface area contributed by atoms with Crippen molar-refractivity contribution >= 4 is 17.8 Å². The molecule has 28 heavy (non-hydrogen) atoms. The summed E-state index contributed by atoms with van der Waals surface area (Å²) in [7, 11) is 0. The minimum Gasteiger partial charge on any atom is -0.480 e. The van der Waals surface area contributed by atoms with E-state index in [9.17, 15) is 28.3 Å². The van der Waals surface area contributed by atoms with E-state index in [-0.39, 0.29) is 31.9 Å². The molecule has 1 unspecified atom stereocenters. The number of rotatable bonds is 8. The van der Waals surface area contributed by atoms with Crippen LogP contribution in [-0.4, -0.2) is 60.1 Å². The third kappa shape index (κ3) is 5.59. The molecule has 1 heterocycles. The summed E-state index contributed by atoms with van der Waals surface area (Å²) in [6.07, 6.45) is 2.08. The van der Waals surface area contributed by atoms with Crippen LogP contribution in [-0.2, 0) is 14.3 Å². The number of aliphatic carboxylic acids is 1. The molecule has 9 heteroatoms. The molecule has 1 fully saturated rings. The molecule has 1 atom stereocenters. The fourth-order valence-corrected chi connectivity index (χ4v) is 2.91. The molecule has 0 spiro atoms. The summed E-state index contributed by atoms with van der Waals surface area (Å²) in [5.41, 5.74) is -0.227. The maximum Gasteiger partial charge on any atom is 0.328 e. The molecule has 0 bridgehead atoms. The quantitative estimate of drug-likeness (QED) is 0.514. The van der Waals surface area contributed by atoms with Crippen LogP contribution in [0.2, 0.25) is 0 Å². The first-order valence-corrected chi connectivity index (χ1v) is 8.79. The molecule has 0 aliphatic carbocycles. The number of halogens is 2. The van der Waals surface area contributed by atoms with Crippen molar-refractivity contribution in [2.24, 2.45) is 5.92 Å². The van der Waals surface area contributed by atoms with Crippen LogP contribution in [0, 0.1) is 17.6 Å². The molecule has 2 amide bonds. The first-order chi connectivity index (χ1) is 13.3. The Hall–Kier alpha value is -2.81. The van der Waals surface area contributed by atoms with Gasteiger partial charge in [-0.2, -0.15) is 0 Å². The Bertz CT molecular complexity index is 748. The number of amides is 2. The van der Waals surface area contributed by atoms with Gasteiger partial charge < -0.3 is 20.1 Å². The lowest BCUT2D eigenvalue weighted by molar-refractivity contribution is -0.144. The molecule has 2 N–H and O–H groups in total. The van der Waals surface area contributed by atoms with Crippen LogP contribution >= 0.6 is 0 Å². The molecular weight excluding hydrogens is 374 g/mol. The Morgan fingerprint density at radius 2 is 2.00 bits per heavy atom. The summed E-state index contributed by atoms with van der Waals surface area (Å²) < 4.78 is 31.9. The second-order valence-corrected chi connectivity index (χ2v) is 6.42. The van der Waals surface area contributed by atoms with Gasteiger partial charge in [-0.1, -0.05) is 6.08 Å². The lowest BCUT2D eigenvalue weighted by Gasteiger charge is -2.32. The van der Waals surface area contributed by atoms with Gasteiger partial charge in [0.25, 0.3) is 5.91 Å². The van der Waals surface area contributed by atoms with E-state index >= 15 is 0 Å². The number of piperidine rings is 1. The molecule has 1 aliphatic rings. The van der Waals surface area contributed by atoms with Crippen molar-refractivity contribution in [3.05, 3.63) is 48.1 Å². The second kappa shape index (κ2) is 9.93. The second-order valence-electron chi connectivity index (χ2n) is 6.42. The number of carbonyl (C=O) groups is 3. The number of carboxylic acid groups (broad SMARTS) is 1. The molecule has 0 saturated carbocycles. The van der Waals surface area contributed by atoms with Crippen molar-refractivity contribution in [1.82, 2.24) is 10.2 Å². The molecule has 7 nitrogen and oxygen atoms in total. The van der Waals surface area contributed by atoms with Crippen LogP contribution in [0.25, 0.3) is 0 Å². The monoisotopic (exact) mass is 396 g/mol. The van der Waals surface area contributed by atoms with Crippen LogP contribution in [0.3, 0.4) is 0 Å². The number of hydrogen-bond acceptors (Lipinski definition) is 4. The predicted octanol–water partition coefficient (Wildman–Crippen LogP) is 1.59. The fraction of sp³-hybridized carbons (Fsp3) is 0.421. The number of benzene rings is 1. The highest BCUT2D eigenvalue weighted by Crippen LogP contribution is 2.21. The number of nitrogens with zero attached hydrogens (tertiary/aromatic N) is 1. The Kier molecular flexibility index (Phi) is 7.62. The molecule has 152 valence electrons. The first-order valence-electron chi connectivity index (χ1n) is 8.79. The smallest absolute Gasteiger partial charge is 0.328 e. The molecule has 2 rings (SSSR count). The molecule has 1 saturated heterocycles. The molecule has 1 aliphatic heterocycles. The van der Waals surface area contributed by atoms with Gasteiger partial charge in [0.15, 0.2) is 6.04 Å². The number of carboxylic acids is 1. The van der Waals surface area contributed by atoms with Gasteiger partial charge in [0.2, 0.25) is 5.91 Å². The number of carbonyl (C=O) groups excluding carboxylic acids is 2. The van der Waals surface area contributed by atoms with Crippen molar-refractivity contribution < 1.29 is 33.0 Å². The van der Waals surface area contributed by atoms with Crippen molar-refractivity contribution in [3.8, 4) is 0 Å².